The van der Waals surface area contributed by atoms with Gasteiger partial charge in [0.25, 0.3) is 0 Å². The standard InChI is InChI=1S/C17H23ClF3N5O2/c1-3-24(4-2)14(27)11-23-16(28)26-7-5-25(6-8-26)15-13(18)9-12(10-22-15)17(19,20)21/h9-10H,3-8,11H2,1-2H3,(H,23,28). The molecule has 28 heavy (non-hydrogen) atoms. The van der Waals surface area contributed by atoms with Crippen molar-refractivity contribution in [3.8, 4) is 0 Å². The lowest BCUT2D eigenvalue weighted by Crippen LogP contribution is -2.53. The summed E-state index contributed by atoms with van der Waals surface area (Å²) in [6.45, 7) is 6.22. The second-order valence-electron chi connectivity index (χ2n) is 6.23. The van der Waals surface area contributed by atoms with Crippen molar-refractivity contribution in [2.24, 2.45) is 0 Å². The Kier molecular flexibility index (Phi) is 7.34. The third-order valence-corrected chi connectivity index (χ3v) is 4.80. The molecule has 2 heterocycles. The molecule has 0 aromatic carbocycles. The van der Waals surface area contributed by atoms with E-state index in [4.69, 9.17) is 11.6 Å². The van der Waals surface area contributed by atoms with Crippen LogP contribution in [0.2, 0.25) is 5.02 Å². The Hall–Kier alpha value is -2.23. The maximum atomic E-state index is 12.7. The van der Waals surface area contributed by atoms with E-state index in [9.17, 15) is 22.8 Å². The molecule has 1 aliphatic rings. The third-order valence-electron chi connectivity index (χ3n) is 4.52. The van der Waals surface area contributed by atoms with Crippen LogP contribution in [0.1, 0.15) is 19.4 Å². The maximum Gasteiger partial charge on any atom is 0.417 e. The molecule has 0 bridgehead atoms. The fourth-order valence-electron chi connectivity index (χ4n) is 2.89. The number of likely N-dealkylation sites (N-methyl/N-ethyl adjacent to an activating group) is 1. The number of anilines is 1. The summed E-state index contributed by atoms with van der Waals surface area (Å²) >= 11 is 5.97. The smallest absolute Gasteiger partial charge is 0.352 e. The van der Waals surface area contributed by atoms with Gasteiger partial charge in [-0.1, -0.05) is 11.6 Å². The number of nitrogens with one attached hydrogen (secondary N) is 1. The van der Waals surface area contributed by atoms with Crippen molar-refractivity contribution in [3.05, 3.63) is 22.8 Å². The van der Waals surface area contributed by atoms with Gasteiger partial charge in [-0.15, -0.1) is 0 Å². The minimum atomic E-state index is -4.51. The second-order valence-corrected chi connectivity index (χ2v) is 6.63. The topological polar surface area (TPSA) is 68.8 Å². The van der Waals surface area contributed by atoms with Crippen molar-refractivity contribution in [1.29, 1.82) is 0 Å². The third kappa shape index (κ3) is 5.40. The van der Waals surface area contributed by atoms with Crippen molar-refractivity contribution in [2.45, 2.75) is 20.0 Å². The summed E-state index contributed by atoms with van der Waals surface area (Å²) < 4.78 is 38.1. The minimum absolute atomic E-state index is 0.0764. The second kappa shape index (κ2) is 9.31. The van der Waals surface area contributed by atoms with Gasteiger partial charge in [-0.2, -0.15) is 13.2 Å². The number of halogens is 4. The van der Waals surface area contributed by atoms with Crippen LogP contribution >= 0.6 is 11.6 Å². The van der Waals surface area contributed by atoms with Crippen molar-refractivity contribution in [3.63, 3.8) is 0 Å². The summed E-state index contributed by atoms with van der Waals surface area (Å²) in [5.74, 6) is 0.101. The summed E-state index contributed by atoms with van der Waals surface area (Å²) in [5.41, 5.74) is -0.905. The number of urea groups is 1. The fourth-order valence-corrected chi connectivity index (χ4v) is 3.18. The van der Waals surface area contributed by atoms with Crippen molar-refractivity contribution >= 4 is 29.4 Å². The van der Waals surface area contributed by atoms with Gasteiger partial charge in [-0.3, -0.25) is 4.79 Å². The number of amides is 3. The molecule has 1 aliphatic heterocycles. The first-order valence-electron chi connectivity index (χ1n) is 8.95. The quantitative estimate of drug-likeness (QED) is 0.793. The molecule has 0 radical (unpaired) electrons. The summed E-state index contributed by atoms with van der Waals surface area (Å²) in [4.78, 5) is 32.9. The Labute approximate surface area is 166 Å². The molecule has 0 atom stereocenters. The molecule has 0 unspecified atom stereocenters. The molecule has 0 aliphatic carbocycles. The lowest BCUT2D eigenvalue weighted by Gasteiger charge is -2.35. The van der Waals surface area contributed by atoms with E-state index in [-0.39, 0.29) is 29.3 Å². The highest BCUT2D eigenvalue weighted by Gasteiger charge is 2.32. The largest absolute Gasteiger partial charge is 0.417 e. The van der Waals surface area contributed by atoms with Gasteiger partial charge >= 0.3 is 12.2 Å². The lowest BCUT2D eigenvalue weighted by molar-refractivity contribution is -0.137. The monoisotopic (exact) mass is 421 g/mol. The number of carbonyl (C=O) groups is 2. The average molecular weight is 422 g/mol. The number of hydrogen-bond donors (Lipinski definition) is 1. The van der Waals surface area contributed by atoms with Crippen LogP contribution in [0, 0.1) is 0 Å². The number of piperazine rings is 1. The Morgan fingerprint density at radius 3 is 2.32 bits per heavy atom. The molecule has 3 amide bonds. The molecule has 1 aromatic rings. The summed E-state index contributed by atoms with van der Waals surface area (Å²) in [5, 5.41) is 2.52. The zero-order valence-corrected chi connectivity index (χ0v) is 16.5. The van der Waals surface area contributed by atoms with E-state index in [1.807, 2.05) is 13.8 Å². The molecule has 2 rings (SSSR count). The van der Waals surface area contributed by atoms with Crippen molar-refractivity contribution < 1.29 is 22.8 Å². The number of carbonyl (C=O) groups excluding carboxylic acids is 2. The Bertz CT molecular complexity index is 705. The van der Waals surface area contributed by atoms with Gasteiger partial charge in [0.1, 0.15) is 5.82 Å². The molecule has 11 heteroatoms. The van der Waals surface area contributed by atoms with E-state index in [1.165, 1.54) is 0 Å². The number of pyridine rings is 1. The summed E-state index contributed by atoms with van der Waals surface area (Å²) in [7, 11) is 0. The van der Waals surface area contributed by atoms with Gasteiger partial charge in [0.15, 0.2) is 0 Å². The zero-order valence-electron chi connectivity index (χ0n) is 15.7. The normalized spacial score (nSPS) is 14.8. The zero-order chi connectivity index (χ0) is 20.9. The van der Waals surface area contributed by atoms with Crippen molar-refractivity contribution in [2.75, 3.05) is 50.7 Å². The lowest BCUT2D eigenvalue weighted by atomic mass is 10.2. The molecule has 1 aromatic heterocycles. The molecule has 7 nitrogen and oxygen atoms in total. The number of nitrogens with zero attached hydrogens (tertiary/aromatic N) is 4. The fraction of sp³-hybridized carbons (Fsp3) is 0.588. The van der Waals surface area contributed by atoms with Crippen LogP contribution < -0.4 is 10.2 Å². The first-order valence-corrected chi connectivity index (χ1v) is 9.33. The minimum Gasteiger partial charge on any atom is -0.352 e. The first kappa shape index (κ1) is 22.1. The summed E-state index contributed by atoms with van der Waals surface area (Å²) in [6, 6.07) is 0.494. The predicted octanol–water partition coefficient (Wildman–Crippen LogP) is 2.45. The maximum absolute atomic E-state index is 12.7. The number of aromatic nitrogens is 1. The van der Waals surface area contributed by atoms with Gasteiger partial charge in [0.2, 0.25) is 5.91 Å². The summed E-state index contributed by atoms with van der Waals surface area (Å²) in [6.07, 6.45) is -3.76. The van der Waals surface area contributed by atoms with E-state index >= 15 is 0 Å². The van der Waals surface area contributed by atoms with E-state index < -0.39 is 11.7 Å². The molecule has 1 N–H and O–H groups in total. The Morgan fingerprint density at radius 2 is 1.82 bits per heavy atom. The molecule has 0 spiro atoms. The molecule has 1 fully saturated rings. The Morgan fingerprint density at radius 1 is 1.21 bits per heavy atom. The van der Waals surface area contributed by atoms with Gasteiger partial charge in [-0.25, -0.2) is 9.78 Å². The van der Waals surface area contributed by atoms with Crippen LogP contribution in [0.3, 0.4) is 0 Å². The van der Waals surface area contributed by atoms with Crippen LogP contribution in [-0.2, 0) is 11.0 Å². The van der Waals surface area contributed by atoms with Crippen LogP contribution in [0.25, 0.3) is 0 Å². The van der Waals surface area contributed by atoms with Gasteiger partial charge < -0.3 is 20.0 Å². The van der Waals surface area contributed by atoms with E-state index in [2.05, 4.69) is 10.3 Å². The highest BCUT2D eigenvalue weighted by atomic mass is 35.5. The molecule has 0 saturated carbocycles. The van der Waals surface area contributed by atoms with Crippen LogP contribution in [0.5, 0.6) is 0 Å². The van der Waals surface area contributed by atoms with E-state index in [1.54, 1.807) is 14.7 Å². The van der Waals surface area contributed by atoms with Crippen molar-refractivity contribution in [1.82, 2.24) is 20.1 Å². The van der Waals surface area contributed by atoms with E-state index in [0.717, 1.165) is 12.3 Å². The Balaban J connectivity index is 1.89. The SMILES string of the molecule is CCN(CC)C(=O)CNC(=O)N1CCN(c2ncc(C(F)(F)F)cc2Cl)CC1. The van der Waals surface area contributed by atoms with Crippen LogP contribution in [0.4, 0.5) is 23.8 Å². The highest BCUT2D eigenvalue weighted by molar-refractivity contribution is 6.33. The number of hydrogen-bond acceptors (Lipinski definition) is 4. The molecular weight excluding hydrogens is 399 g/mol. The first-order chi connectivity index (χ1) is 13.2. The number of rotatable bonds is 5. The number of alkyl halides is 3. The average Bonchev–Trinajstić information content (AvgIpc) is 2.66. The highest BCUT2D eigenvalue weighted by Crippen LogP contribution is 2.33. The van der Waals surface area contributed by atoms with Gasteiger partial charge in [0.05, 0.1) is 17.1 Å². The van der Waals surface area contributed by atoms with Gasteiger partial charge in [0, 0.05) is 45.5 Å². The predicted molar refractivity (Wildman–Crippen MR) is 99.4 cm³/mol. The van der Waals surface area contributed by atoms with Crippen LogP contribution in [-0.4, -0.2) is 72.5 Å². The van der Waals surface area contributed by atoms with E-state index in [0.29, 0.717) is 39.3 Å². The molecular formula is C17H23ClF3N5O2. The van der Waals surface area contributed by atoms with Gasteiger partial charge in [-0.05, 0) is 19.9 Å². The molecule has 1 saturated heterocycles. The molecule has 156 valence electrons. The van der Waals surface area contributed by atoms with Crippen LogP contribution in [0.15, 0.2) is 12.3 Å².